The van der Waals surface area contributed by atoms with Crippen LogP contribution < -0.4 is 0 Å². The van der Waals surface area contributed by atoms with Crippen molar-refractivity contribution in [2.75, 3.05) is 0 Å². The van der Waals surface area contributed by atoms with E-state index in [1.807, 2.05) is 30.3 Å². The first-order valence-corrected chi connectivity index (χ1v) is 17.1. The molecule has 0 fully saturated rings. The smallest absolute Gasteiger partial charge is 0.147 e. The molecule has 0 bridgehead atoms. The molecule has 0 radical (unpaired) electrons. The fourth-order valence-electron chi connectivity index (χ4n) is 7.69. The van der Waals surface area contributed by atoms with Gasteiger partial charge < -0.3 is 8.83 Å². The number of hydrogen-bond acceptors (Lipinski definition) is 4. The molecule has 240 valence electrons. The number of fused-ring (bicyclic) bond motifs is 10. The highest BCUT2D eigenvalue weighted by Crippen LogP contribution is 2.45. The molecule has 2 aromatic heterocycles. The van der Waals surface area contributed by atoms with Gasteiger partial charge in [0.05, 0.1) is 16.8 Å². The van der Waals surface area contributed by atoms with E-state index in [1.165, 1.54) is 0 Å². The summed E-state index contributed by atoms with van der Waals surface area (Å²) in [6.45, 7) is 6.06. The van der Waals surface area contributed by atoms with Crippen LogP contribution in [0.3, 0.4) is 0 Å². The minimum atomic E-state index is 0.785. The molecule has 0 aliphatic rings. The van der Waals surface area contributed by atoms with Gasteiger partial charge >= 0.3 is 0 Å². The first kappa shape index (κ1) is 29.2. The van der Waals surface area contributed by atoms with Crippen LogP contribution in [0, 0.1) is 0 Å². The van der Waals surface area contributed by atoms with E-state index >= 15 is 0 Å². The number of hydrogen-bond donors (Lipinski definition) is 0. The number of furan rings is 2. The Hall–Kier alpha value is -6.78. The second-order valence-electron chi connectivity index (χ2n) is 13.0. The number of aliphatic imine (C=N–C) groups is 2. The van der Waals surface area contributed by atoms with Gasteiger partial charge in [0.25, 0.3) is 0 Å². The molecule has 2 heterocycles. The van der Waals surface area contributed by atoms with Crippen LogP contribution in [0.2, 0.25) is 0 Å². The molecule has 0 spiro atoms. The number of rotatable bonds is 5. The van der Waals surface area contributed by atoms with E-state index in [-0.39, 0.29) is 0 Å². The maximum atomic E-state index is 6.87. The topological polar surface area (TPSA) is 51.0 Å². The van der Waals surface area contributed by atoms with E-state index in [9.17, 15) is 0 Å². The summed E-state index contributed by atoms with van der Waals surface area (Å²) in [5.74, 6) is 0. The highest BCUT2D eigenvalue weighted by atomic mass is 16.3. The molecular weight excluding hydrogens is 625 g/mol. The quantitative estimate of drug-likeness (QED) is 0.137. The van der Waals surface area contributed by atoms with Crippen molar-refractivity contribution in [2.45, 2.75) is 6.92 Å². The van der Waals surface area contributed by atoms with E-state index in [0.717, 1.165) is 110 Å². The first-order chi connectivity index (χ1) is 25.2. The van der Waals surface area contributed by atoms with Crippen LogP contribution in [0.4, 0.5) is 11.4 Å². The lowest BCUT2D eigenvalue weighted by Gasteiger charge is -2.14. The predicted octanol–water partition coefficient (Wildman–Crippen LogP) is 13.6. The molecule has 0 amide bonds. The van der Waals surface area contributed by atoms with Gasteiger partial charge in [-0.2, -0.15) is 0 Å². The van der Waals surface area contributed by atoms with Crippen LogP contribution >= 0.6 is 0 Å². The van der Waals surface area contributed by atoms with Crippen LogP contribution in [-0.4, -0.2) is 12.4 Å². The normalized spacial score (nSPS) is 12.2. The SMILES string of the molecule is C=Nc1c(N=C(C)c2cc(-c3ccccc3)cc(-c3cccc4c3oc3c4ccc4oc5ccccc5c43)c2)c2ccccc2c2ccccc12. The van der Waals surface area contributed by atoms with Crippen molar-refractivity contribution in [1.82, 2.24) is 0 Å². The lowest BCUT2D eigenvalue weighted by molar-refractivity contribution is 0.663. The molecule has 4 nitrogen and oxygen atoms in total. The second kappa shape index (κ2) is 11.4. The third-order valence-electron chi connectivity index (χ3n) is 10.1. The van der Waals surface area contributed by atoms with E-state index in [1.54, 1.807) is 0 Å². The highest BCUT2D eigenvalue weighted by Gasteiger charge is 2.20. The van der Waals surface area contributed by atoms with Crippen molar-refractivity contribution in [3.63, 3.8) is 0 Å². The Kier molecular flexibility index (Phi) is 6.52. The average molecular weight is 655 g/mol. The van der Waals surface area contributed by atoms with Crippen molar-refractivity contribution < 1.29 is 8.83 Å². The van der Waals surface area contributed by atoms with Gasteiger partial charge in [-0.1, -0.05) is 115 Å². The summed E-state index contributed by atoms with van der Waals surface area (Å²) in [5, 5.41) is 8.54. The summed E-state index contributed by atoms with van der Waals surface area (Å²) >= 11 is 0. The number of para-hydroxylation sites is 2. The Morgan fingerprint density at radius 3 is 1.86 bits per heavy atom. The molecule has 0 saturated carbocycles. The summed E-state index contributed by atoms with van der Waals surface area (Å²) in [6.07, 6.45) is 0. The predicted molar refractivity (Wildman–Crippen MR) is 214 cm³/mol. The van der Waals surface area contributed by atoms with Gasteiger partial charge in [-0.05, 0) is 83.1 Å². The van der Waals surface area contributed by atoms with Crippen LogP contribution in [0.25, 0.3) is 87.7 Å². The molecule has 0 aliphatic carbocycles. The molecule has 10 rings (SSSR count). The monoisotopic (exact) mass is 654 g/mol. The maximum Gasteiger partial charge on any atom is 0.147 e. The fraction of sp³-hybridized carbons (Fsp3) is 0.0213. The Morgan fingerprint density at radius 2 is 1.10 bits per heavy atom. The summed E-state index contributed by atoms with van der Waals surface area (Å²) in [4.78, 5) is 9.89. The molecular formula is C47H30N2O2. The zero-order chi connectivity index (χ0) is 34.1. The van der Waals surface area contributed by atoms with Crippen molar-refractivity contribution in [2.24, 2.45) is 9.98 Å². The fourth-order valence-corrected chi connectivity index (χ4v) is 7.69. The van der Waals surface area contributed by atoms with Crippen LogP contribution in [0.1, 0.15) is 12.5 Å². The number of nitrogens with zero attached hydrogens (tertiary/aromatic N) is 2. The molecule has 4 heteroatoms. The van der Waals surface area contributed by atoms with Gasteiger partial charge in [-0.3, -0.25) is 9.98 Å². The van der Waals surface area contributed by atoms with E-state index in [4.69, 9.17) is 13.8 Å². The Labute approximate surface area is 293 Å². The van der Waals surface area contributed by atoms with Crippen molar-refractivity contribution >= 4 is 89.2 Å². The lowest BCUT2D eigenvalue weighted by atomic mass is 9.93. The highest BCUT2D eigenvalue weighted by molar-refractivity contribution is 6.23. The molecule has 0 N–H and O–H groups in total. The minimum Gasteiger partial charge on any atom is -0.456 e. The summed E-state index contributed by atoms with van der Waals surface area (Å²) in [6, 6.07) is 52.6. The van der Waals surface area contributed by atoms with Gasteiger partial charge in [-0.15, -0.1) is 0 Å². The second-order valence-corrected chi connectivity index (χ2v) is 13.0. The van der Waals surface area contributed by atoms with E-state index in [2.05, 4.69) is 140 Å². The molecule has 0 saturated heterocycles. The molecule has 51 heavy (non-hydrogen) atoms. The molecule has 0 aliphatic heterocycles. The summed E-state index contributed by atoms with van der Waals surface area (Å²) < 4.78 is 13.1. The standard InChI is InChI=1S/C47H30N2O2/c1-28(49-45-37-18-9-7-16-35(37)34-15-6-8-17-36(34)44(45)48-2)30-25-31(29-13-4-3-5-14-29)27-32(26-30)33-20-12-21-38-39-23-24-42-43(47(39)51-46(33)38)40-19-10-11-22-41(40)50-42/h3-27H,2H2,1H3. The van der Waals surface area contributed by atoms with Gasteiger partial charge in [0, 0.05) is 38.2 Å². The zero-order valence-corrected chi connectivity index (χ0v) is 27.9. The molecule has 0 atom stereocenters. The van der Waals surface area contributed by atoms with Crippen LogP contribution in [-0.2, 0) is 0 Å². The van der Waals surface area contributed by atoms with Crippen LogP contribution in [0.5, 0.6) is 0 Å². The van der Waals surface area contributed by atoms with Gasteiger partial charge in [0.15, 0.2) is 0 Å². The van der Waals surface area contributed by atoms with Gasteiger partial charge in [0.1, 0.15) is 22.3 Å². The van der Waals surface area contributed by atoms with Gasteiger partial charge in [0.2, 0.25) is 0 Å². The van der Waals surface area contributed by atoms with E-state index in [0.29, 0.717) is 0 Å². The molecule has 8 aromatic carbocycles. The Balaban J connectivity index is 1.22. The van der Waals surface area contributed by atoms with Crippen molar-refractivity contribution in [3.8, 4) is 22.3 Å². The number of benzene rings is 8. The third-order valence-corrected chi connectivity index (χ3v) is 10.1. The summed E-state index contributed by atoms with van der Waals surface area (Å²) in [5.41, 5.74) is 11.1. The molecule has 10 aromatic rings. The third kappa shape index (κ3) is 4.54. The minimum absolute atomic E-state index is 0.785. The van der Waals surface area contributed by atoms with Crippen molar-refractivity contribution in [3.05, 3.63) is 157 Å². The molecule has 0 unspecified atom stereocenters. The Bertz CT molecular complexity index is 3050. The van der Waals surface area contributed by atoms with E-state index < -0.39 is 0 Å². The zero-order valence-electron chi connectivity index (χ0n) is 27.9. The lowest BCUT2D eigenvalue weighted by Crippen LogP contribution is -1.97. The Morgan fingerprint density at radius 1 is 0.471 bits per heavy atom. The summed E-state index contributed by atoms with van der Waals surface area (Å²) in [7, 11) is 0. The first-order valence-electron chi connectivity index (χ1n) is 17.1. The van der Waals surface area contributed by atoms with Crippen molar-refractivity contribution in [1.29, 1.82) is 0 Å². The maximum absolute atomic E-state index is 6.87. The largest absolute Gasteiger partial charge is 0.456 e. The van der Waals surface area contributed by atoms with Crippen LogP contribution in [0.15, 0.2) is 170 Å². The van der Waals surface area contributed by atoms with Gasteiger partial charge in [-0.25, -0.2) is 0 Å². The average Bonchev–Trinajstić information content (AvgIpc) is 3.77.